The van der Waals surface area contributed by atoms with Crippen LogP contribution < -0.4 is 16.2 Å². The van der Waals surface area contributed by atoms with Gasteiger partial charge in [-0.15, -0.1) is 0 Å². The van der Waals surface area contributed by atoms with E-state index in [1.54, 1.807) is 0 Å². The van der Waals surface area contributed by atoms with Gasteiger partial charge in [0, 0.05) is 13.1 Å². The highest BCUT2D eigenvalue weighted by atomic mass is 19.1. The van der Waals surface area contributed by atoms with Crippen LogP contribution in [0.4, 0.5) is 16.2 Å². The van der Waals surface area contributed by atoms with Crippen LogP contribution in [0.15, 0.2) is 6.20 Å². The monoisotopic (exact) mass is 211 g/mol. The number of nitrogens with two attached hydrogens (primary N) is 1. The molecule has 2 heterocycles. The highest BCUT2D eigenvalue weighted by molar-refractivity contribution is 5.43. The topological polar surface area (TPSA) is 67.1 Å². The average molecular weight is 211 g/mol. The SMILES string of the molecule is NNc1ncc(F)c(N2CCCCC2)n1. The maximum Gasteiger partial charge on any atom is 0.239 e. The Morgan fingerprint density at radius 2 is 2.07 bits per heavy atom. The van der Waals surface area contributed by atoms with Crippen molar-refractivity contribution in [2.75, 3.05) is 23.4 Å². The van der Waals surface area contributed by atoms with E-state index in [4.69, 9.17) is 5.84 Å². The second kappa shape index (κ2) is 4.39. The van der Waals surface area contributed by atoms with E-state index in [0.717, 1.165) is 32.1 Å². The number of nitrogens with one attached hydrogen (secondary N) is 1. The first-order valence-electron chi connectivity index (χ1n) is 5.05. The van der Waals surface area contributed by atoms with Crippen molar-refractivity contribution < 1.29 is 4.39 Å². The van der Waals surface area contributed by atoms with Gasteiger partial charge in [0.25, 0.3) is 0 Å². The fourth-order valence-corrected chi connectivity index (χ4v) is 1.76. The van der Waals surface area contributed by atoms with Crippen LogP contribution >= 0.6 is 0 Å². The summed E-state index contributed by atoms with van der Waals surface area (Å²) in [6.45, 7) is 1.69. The Kier molecular flexibility index (Phi) is 2.96. The molecule has 0 aliphatic carbocycles. The van der Waals surface area contributed by atoms with Crippen molar-refractivity contribution in [1.82, 2.24) is 9.97 Å². The van der Waals surface area contributed by atoms with Crippen molar-refractivity contribution in [3.05, 3.63) is 12.0 Å². The van der Waals surface area contributed by atoms with Gasteiger partial charge in [-0.1, -0.05) is 0 Å². The predicted octanol–water partition coefficient (Wildman–Crippen LogP) is 0.892. The Balaban J connectivity index is 2.24. The molecule has 0 amide bonds. The van der Waals surface area contributed by atoms with Crippen LogP contribution in [0.1, 0.15) is 19.3 Å². The van der Waals surface area contributed by atoms with E-state index >= 15 is 0 Å². The Morgan fingerprint density at radius 3 is 2.73 bits per heavy atom. The maximum absolute atomic E-state index is 13.5. The van der Waals surface area contributed by atoms with Gasteiger partial charge in [0.1, 0.15) is 0 Å². The highest BCUT2D eigenvalue weighted by Crippen LogP contribution is 2.21. The zero-order valence-corrected chi connectivity index (χ0v) is 8.41. The first-order chi connectivity index (χ1) is 7.31. The van der Waals surface area contributed by atoms with Gasteiger partial charge in [0.15, 0.2) is 11.6 Å². The standard InChI is InChI=1S/C9H14FN5/c10-7-6-12-9(14-11)13-8(7)15-4-2-1-3-5-15/h6H,1-5,11H2,(H,12,13,14). The van der Waals surface area contributed by atoms with Crippen LogP contribution in [0.3, 0.4) is 0 Å². The van der Waals surface area contributed by atoms with Gasteiger partial charge in [-0.2, -0.15) is 4.98 Å². The summed E-state index contributed by atoms with van der Waals surface area (Å²) in [6, 6.07) is 0. The van der Waals surface area contributed by atoms with E-state index in [1.807, 2.05) is 4.90 Å². The molecule has 1 aliphatic rings. The Labute approximate surface area is 87.5 Å². The zero-order valence-electron chi connectivity index (χ0n) is 8.41. The van der Waals surface area contributed by atoms with E-state index in [1.165, 1.54) is 6.42 Å². The van der Waals surface area contributed by atoms with E-state index < -0.39 is 5.82 Å². The van der Waals surface area contributed by atoms with Crippen LogP contribution in [0.25, 0.3) is 0 Å². The molecule has 1 aromatic heterocycles. The fraction of sp³-hybridized carbons (Fsp3) is 0.556. The molecule has 6 heteroatoms. The summed E-state index contributed by atoms with van der Waals surface area (Å²) in [5, 5.41) is 0. The summed E-state index contributed by atoms with van der Waals surface area (Å²) in [6.07, 6.45) is 4.50. The quantitative estimate of drug-likeness (QED) is 0.561. The zero-order chi connectivity index (χ0) is 10.7. The van der Waals surface area contributed by atoms with E-state index in [9.17, 15) is 4.39 Å². The minimum Gasteiger partial charge on any atom is -0.354 e. The van der Waals surface area contributed by atoms with Gasteiger partial charge in [0.05, 0.1) is 6.20 Å². The van der Waals surface area contributed by atoms with Crippen molar-refractivity contribution in [3.63, 3.8) is 0 Å². The fourth-order valence-electron chi connectivity index (χ4n) is 1.76. The van der Waals surface area contributed by atoms with Gasteiger partial charge in [-0.3, -0.25) is 5.43 Å². The smallest absolute Gasteiger partial charge is 0.239 e. The van der Waals surface area contributed by atoms with Crippen molar-refractivity contribution in [2.24, 2.45) is 5.84 Å². The van der Waals surface area contributed by atoms with E-state index in [-0.39, 0.29) is 5.95 Å². The van der Waals surface area contributed by atoms with Crippen molar-refractivity contribution in [1.29, 1.82) is 0 Å². The molecule has 1 fully saturated rings. The molecule has 0 radical (unpaired) electrons. The molecule has 1 saturated heterocycles. The van der Waals surface area contributed by atoms with Crippen LogP contribution in [-0.4, -0.2) is 23.1 Å². The van der Waals surface area contributed by atoms with Gasteiger partial charge < -0.3 is 4.90 Å². The van der Waals surface area contributed by atoms with Crippen LogP contribution in [0, 0.1) is 5.82 Å². The van der Waals surface area contributed by atoms with Gasteiger partial charge in [-0.05, 0) is 19.3 Å². The molecule has 0 bridgehead atoms. The molecule has 0 saturated carbocycles. The summed E-state index contributed by atoms with van der Waals surface area (Å²) >= 11 is 0. The molecule has 3 N–H and O–H groups in total. The summed E-state index contributed by atoms with van der Waals surface area (Å²) in [5.41, 5.74) is 2.32. The minimum atomic E-state index is -0.393. The third kappa shape index (κ3) is 2.15. The number of hydrazine groups is 1. The lowest BCUT2D eigenvalue weighted by molar-refractivity contribution is 0.547. The Morgan fingerprint density at radius 1 is 1.33 bits per heavy atom. The number of nitrogen functional groups attached to an aromatic ring is 1. The largest absolute Gasteiger partial charge is 0.354 e. The number of anilines is 2. The summed E-state index contributed by atoms with van der Waals surface area (Å²) < 4.78 is 13.5. The van der Waals surface area contributed by atoms with Crippen LogP contribution in [0.5, 0.6) is 0 Å². The number of hydrogen-bond donors (Lipinski definition) is 2. The lowest BCUT2D eigenvalue weighted by Crippen LogP contribution is -2.31. The third-order valence-corrected chi connectivity index (χ3v) is 2.51. The molecule has 0 spiro atoms. The molecule has 0 unspecified atom stereocenters. The van der Waals surface area contributed by atoms with Crippen LogP contribution in [0.2, 0.25) is 0 Å². The Bertz CT molecular complexity index is 337. The number of rotatable bonds is 2. The Hall–Kier alpha value is -1.43. The molecule has 82 valence electrons. The van der Waals surface area contributed by atoms with Gasteiger partial charge >= 0.3 is 0 Å². The molecule has 0 atom stereocenters. The molecule has 1 aliphatic heterocycles. The molecule has 1 aromatic rings. The number of hydrogen-bond acceptors (Lipinski definition) is 5. The lowest BCUT2D eigenvalue weighted by Gasteiger charge is -2.27. The molecule has 0 aromatic carbocycles. The maximum atomic E-state index is 13.5. The average Bonchev–Trinajstić information content (AvgIpc) is 2.31. The number of halogens is 1. The van der Waals surface area contributed by atoms with Gasteiger partial charge in [0.2, 0.25) is 5.95 Å². The molecule has 2 rings (SSSR count). The predicted molar refractivity (Wildman–Crippen MR) is 55.9 cm³/mol. The second-order valence-corrected chi connectivity index (χ2v) is 3.56. The normalized spacial score (nSPS) is 16.5. The van der Waals surface area contributed by atoms with E-state index in [0.29, 0.717) is 5.82 Å². The highest BCUT2D eigenvalue weighted by Gasteiger charge is 2.17. The first-order valence-corrected chi connectivity index (χ1v) is 5.05. The molecular formula is C9H14FN5. The number of piperidine rings is 1. The second-order valence-electron chi connectivity index (χ2n) is 3.56. The molecular weight excluding hydrogens is 197 g/mol. The van der Waals surface area contributed by atoms with Crippen molar-refractivity contribution >= 4 is 11.8 Å². The minimum absolute atomic E-state index is 0.247. The molecule has 15 heavy (non-hydrogen) atoms. The summed E-state index contributed by atoms with van der Waals surface area (Å²) in [4.78, 5) is 9.65. The number of nitrogens with zero attached hydrogens (tertiary/aromatic N) is 3. The third-order valence-electron chi connectivity index (χ3n) is 2.51. The van der Waals surface area contributed by atoms with Crippen molar-refractivity contribution in [3.8, 4) is 0 Å². The summed E-state index contributed by atoms with van der Waals surface area (Å²) in [7, 11) is 0. The lowest BCUT2D eigenvalue weighted by atomic mass is 10.1. The van der Waals surface area contributed by atoms with Crippen molar-refractivity contribution in [2.45, 2.75) is 19.3 Å². The number of aromatic nitrogens is 2. The van der Waals surface area contributed by atoms with Gasteiger partial charge in [-0.25, -0.2) is 15.2 Å². The molecule has 5 nitrogen and oxygen atoms in total. The van der Waals surface area contributed by atoms with Crippen LogP contribution in [-0.2, 0) is 0 Å². The summed E-state index contributed by atoms with van der Waals surface area (Å²) in [5.74, 6) is 5.38. The first kappa shape index (κ1) is 10.1. The van der Waals surface area contributed by atoms with E-state index in [2.05, 4.69) is 15.4 Å².